The average molecular weight is 356 g/mol. The number of nitrogens with zero attached hydrogens (tertiary/aromatic N) is 2. The molecule has 0 aliphatic carbocycles. The highest BCUT2D eigenvalue weighted by Crippen LogP contribution is 2.30. The van der Waals surface area contributed by atoms with Crippen LogP contribution in [0.2, 0.25) is 0 Å². The van der Waals surface area contributed by atoms with Crippen molar-refractivity contribution in [1.29, 1.82) is 0 Å². The van der Waals surface area contributed by atoms with E-state index in [1.54, 1.807) is 4.90 Å². The van der Waals surface area contributed by atoms with E-state index < -0.39 is 6.04 Å². The van der Waals surface area contributed by atoms with Crippen LogP contribution in [0.1, 0.15) is 34.3 Å². The number of imide groups is 1. The molecule has 0 bridgehead atoms. The molecule has 2 fully saturated rings. The van der Waals surface area contributed by atoms with E-state index in [2.05, 4.69) is 22.6 Å². The summed E-state index contributed by atoms with van der Waals surface area (Å²) in [5, 5.41) is 5.63. The lowest BCUT2D eigenvalue weighted by molar-refractivity contribution is -0.136. The van der Waals surface area contributed by atoms with Crippen LogP contribution in [0, 0.1) is 5.92 Å². The highest BCUT2D eigenvalue weighted by Gasteiger charge is 2.40. The number of hydrogen-bond acceptors (Lipinski definition) is 5. The number of carbonyl (C=O) groups is 3. The molecule has 3 aliphatic rings. The molecule has 1 atom stereocenters. The molecule has 7 nitrogen and oxygen atoms in total. The molecular weight excluding hydrogens is 332 g/mol. The molecule has 0 radical (unpaired) electrons. The Labute approximate surface area is 152 Å². The molecule has 2 N–H and O–H groups in total. The van der Waals surface area contributed by atoms with Gasteiger partial charge in [-0.1, -0.05) is 18.2 Å². The van der Waals surface area contributed by atoms with Gasteiger partial charge in [-0.3, -0.25) is 19.7 Å². The molecule has 0 aromatic heterocycles. The second-order valence-electron chi connectivity index (χ2n) is 7.57. The van der Waals surface area contributed by atoms with Gasteiger partial charge in [-0.05, 0) is 30.5 Å². The van der Waals surface area contributed by atoms with Crippen molar-refractivity contribution in [1.82, 2.24) is 20.4 Å². The van der Waals surface area contributed by atoms with E-state index >= 15 is 0 Å². The van der Waals surface area contributed by atoms with E-state index in [0.717, 1.165) is 36.3 Å². The monoisotopic (exact) mass is 356 g/mol. The molecule has 4 rings (SSSR count). The van der Waals surface area contributed by atoms with Crippen LogP contribution in [0.5, 0.6) is 0 Å². The molecule has 1 aromatic carbocycles. The van der Waals surface area contributed by atoms with Crippen molar-refractivity contribution >= 4 is 17.7 Å². The summed E-state index contributed by atoms with van der Waals surface area (Å²) in [4.78, 5) is 40.5. The van der Waals surface area contributed by atoms with Crippen LogP contribution in [-0.2, 0) is 22.7 Å². The largest absolute Gasteiger partial charge is 0.322 e. The summed E-state index contributed by atoms with van der Waals surface area (Å²) in [6.45, 7) is 4.26. The lowest BCUT2D eigenvalue weighted by Crippen LogP contribution is -2.52. The van der Waals surface area contributed by atoms with Gasteiger partial charge in [0.1, 0.15) is 6.04 Å². The zero-order valence-electron chi connectivity index (χ0n) is 15.0. The Kier molecular flexibility index (Phi) is 4.50. The number of benzene rings is 1. The first kappa shape index (κ1) is 17.2. The molecule has 0 spiro atoms. The first-order chi connectivity index (χ1) is 12.5. The molecule has 2 saturated heterocycles. The smallest absolute Gasteiger partial charge is 0.255 e. The van der Waals surface area contributed by atoms with Gasteiger partial charge < -0.3 is 15.1 Å². The third kappa shape index (κ3) is 3.12. The summed E-state index contributed by atoms with van der Waals surface area (Å²) in [5.41, 5.74) is 2.71. The summed E-state index contributed by atoms with van der Waals surface area (Å²) in [5.74, 6) is -0.0435. The van der Waals surface area contributed by atoms with Crippen LogP contribution in [0.4, 0.5) is 0 Å². The maximum Gasteiger partial charge on any atom is 0.255 e. The Bertz CT molecular complexity index is 759. The maximum atomic E-state index is 13.0. The first-order valence-corrected chi connectivity index (χ1v) is 9.17. The molecular formula is C19H24N4O3. The molecule has 3 amide bonds. The van der Waals surface area contributed by atoms with Crippen LogP contribution < -0.4 is 10.6 Å². The van der Waals surface area contributed by atoms with Gasteiger partial charge in [-0.15, -0.1) is 0 Å². The Morgan fingerprint density at radius 2 is 2.04 bits per heavy atom. The van der Waals surface area contributed by atoms with Crippen LogP contribution in [0.15, 0.2) is 18.2 Å². The summed E-state index contributed by atoms with van der Waals surface area (Å²) in [6, 6.07) is 5.38. The second-order valence-corrected chi connectivity index (χ2v) is 7.57. The number of carbonyl (C=O) groups excluding carboxylic acids is 3. The standard InChI is InChI=1S/C19H24N4O3/c1-22(9-12-7-20-8-12)10-13-3-2-4-14-11-23(19(26)17(13)14)15-5-6-16(24)21-18(15)25/h2-4,12,15,20H,5-11H2,1H3,(H,21,24,25). The normalized spacial score (nSPS) is 23.2. The van der Waals surface area contributed by atoms with Crippen molar-refractivity contribution < 1.29 is 14.4 Å². The number of rotatable bonds is 5. The van der Waals surface area contributed by atoms with Crippen LogP contribution in [0.25, 0.3) is 0 Å². The SMILES string of the molecule is CN(Cc1cccc2c1C(=O)N(C1CCC(=O)NC1=O)C2)CC1CNC1. The Morgan fingerprint density at radius 3 is 2.73 bits per heavy atom. The van der Waals surface area contributed by atoms with E-state index in [4.69, 9.17) is 0 Å². The molecule has 0 saturated carbocycles. The minimum atomic E-state index is -0.556. The lowest BCUT2D eigenvalue weighted by atomic mass is 10.0. The van der Waals surface area contributed by atoms with Crippen molar-refractivity contribution in [2.24, 2.45) is 5.92 Å². The van der Waals surface area contributed by atoms with Crippen molar-refractivity contribution in [3.05, 3.63) is 34.9 Å². The predicted octanol–water partition coefficient (Wildman–Crippen LogP) is 0.0988. The number of hydrogen-bond donors (Lipinski definition) is 2. The van der Waals surface area contributed by atoms with E-state index in [-0.39, 0.29) is 24.1 Å². The highest BCUT2D eigenvalue weighted by molar-refractivity contribution is 6.05. The fraction of sp³-hybridized carbons (Fsp3) is 0.526. The van der Waals surface area contributed by atoms with Crippen LogP contribution in [-0.4, -0.2) is 60.2 Å². The van der Waals surface area contributed by atoms with Gasteiger partial charge in [0.2, 0.25) is 11.8 Å². The van der Waals surface area contributed by atoms with Gasteiger partial charge in [-0.2, -0.15) is 0 Å². The highest BCUT2D eigenvalue weighted by atomic mass is 16.2. The molecule has 3 heterocycles. The molecule has 3 aliphatic heterocycles. The number of piperidine rings is 1. The van der Waals surface area contributed by atoms with Gasteiger partial charge in [0.15, 0.2) is 0 Å². The topological polar surface area (TPSA) is 81.8 Å². The average Bonchev–Trinajstić information content (AvgIpc) is 2.89. The maximum absolute atomic E-state index is 13.0. The molecule has 138 valence electrons. The zero-order valence-corrected chi connectivity index (χ0v) is 15.0. The van der Waals surface area contributed by atoms with Crippen molar-refractivity contribution in [2.45, 2.75) is 32.0 Å². The van der Waals surface area contributed by atoms with E-state index in [1.807, 2.05) is 18.2 Å². The van der Waals surface area contributed by atoms with Gasteiger partial charge in [0, 0.05) is 44.7 Å². The molecule has 1 aromatic rings. The predicted molar refractivity (Wildman–Crippen MR) is 95.2 cm³/mol. The first-order valence-electron chi connectivity index (χ1n) is 9.17. The van der Waals surface area contributed by atoms with E-state index in [0.29, 0.717) is 25.4 Å². The second kappa shape index (κ2) is 6.81. The number of nitrogens with one attached hydrogen (secondary N) is 2. The quantitative estimate of drug-likeness (QED) is 0.732. The molecule has 7 heteroatoms. The Hall–Kier alpha value is -2.25. The summed E-state index contributed by atoms with van der Waals surface area (Å²) < 4.78 is 0. The van der Waals surface area contributed by atoms with Gasteiger partial charge >= 0.3 is 0 Å². The van der Waals surface area contributed by atoms with E-state index in [9.17, 15) is 14.4 Å². The fourth-order valence-corrected chi connectivity index (χ4v) is 4.10. The van der Waals surface area contributed by atoms with Crippen molar-refractivity contribution in [3.63, 3.8) is 0 Å². The van der Waals surface area contributed by atoms with Gasteiger partial charge in [0.25, 0.3) is 5.91 Å². The Balaban J connectivity index is 1.51. The summed E-state index contributed by atoms with van der Waals surface area (Å²) >= 11 is 0. The van der Waals surface area contributed by atoms with E-state index in [1.165, 1.54) is 0 Å². The number of fused-ring (bicyclic) bond motifs is 1. The van der Waals surface area contributed by atoms with Gasteiger partial charge in [0.05, 0.1) is 0 Å². The Morgan fingerprint density at radius 1 is 1.23 bits per heavy atom. The van der Waals surface area contributed by atoms with Gasteiger partial charge in [-0.25, -0.2) is 0 Å². The third-order valence-corrected chi connectivity index (χ3v) is 5.51. The molecule has 26 heavy (non-hydrogen) atoms. The van der Waals surface area contributed by atoms with Crippen LogP contribution >= 0.6 is 0 Å². The van der Waals surface area contributed by atoms with Crippen molar-refractivity contribution in [3.8, 4) is 0 Å². The lowest BCUT2D eigenvalue weighted by Gasteiger charge is -2.31. The number of amides is 3. The van der Waals surface area contributed by atoms with Crippen molar-refractivity contribution in [2.75, 3.05) is 26.7 Å². The minimum absolute atomic E-state index is 0.0937. The minimum Gasteiger partial charge on any atom is -0.322 e. The summed E-state index contributed by atoms with van der Waals surface area (Å²) in [6.07, 6.45) is 0.676. The molecule has 1 unspecified atom stereocenters. The van der Waals surface area contributed by atoms with Crippen LogP contribution in [0.3, 0.4) is 0 Å². The third-order valence-electron chi connectivity index (χ3n) is 5.51. The zero-order chi connectivity index (χ0) is 18.3. The fourth-order valence-electron chi connectivity index (χ4n) is 4.10. The summed E-state index contributed by atoms with van der Waals surface area (Å²) in [7, 11) is 2.08.